The quantitative estimate of drug-likeness (QED) is 0.0430. The molecule has 0 aromatic heterocycles. The van der Waals surface area contributed by atoms with Gasteiger partial charge >= 0.3 is 0 Å². The highest BCUT2D eigenvalue weighted by Crippen LogP contribution is 2.48. The third kappa shape index (κ3) is 19.0. The molecule has 0 saturated carbocycles. The van der Waals surface area contributed by atoms with Crippen LogP contribution in [0.25, 0.3) is 21.5 Å². The lowest BCUT2D eigenvalue weighted by molar-refractivity contribution is 0.236. The fraction of sp³-hybridized carbons (Fsp3) is 0.712. The Kier molecular flexibility index (Phi) is 26.9. The van der Waals surface area contributed by atoms with Gasteiger partial charge in [-0.15, -0.1) is 0 Å². The molecule has 0 amide bonds. The van der Waals surface area contributed by atoms with Crippen molar-refractivity contribution in [3.8, 4) is 29.1 Å². The van der Waals surface area contributed by atoms with Crippen LogP contribution < -0.4 is 18.9 Å². The van der Waals surface area contributed by atoms with E-state index >= 15 is 0 Å². The van der Waals surface area contributed by atoms with E-state index in [9.17, 15) is 5.26 Å². The zero-order chi connectivity index (χ0) is 40.6. The van der Waals surface area contributed by atoms with Crippen molar-refractivity contribution in [2.75, 3.05) is 26.9 Å². The minimum Gasteiger partial charge on any atom is -0.497 e. The van der Waals surface area contributed by atoms with E-state index in [4.69, 9.17) is 18.9 Å². The topological polar surface area (TPSA) is 60.7 Å². The van der Waals surface area contributed by atoms with Crippen molar-refractivity contribution in [2.24, 2.45) is 0 Å². The number of unbranched alkanes of at least 4 members (excludes halogenated alkanes) is 27. The minimum absolute atomic E-state index is 0.602. The maximum atomic E-state index is 10.4. The van der Waals surface area contributed by atoms with E-state index in [0.717, 1.165) is 65.8 Å². The van der Waals surface area contributed by atoms with Crippen molar-refractivity contribution in [3.63, 3.8) is 0 Å². The Morgan fingerprint density at radius 3 is 1.26 bits per heavy atom. The van der Waals surface area contributed by atoms with Gasteiger partial charge in [0.15, 0.2) is 11.5 Å². The number of hydrogen-bond acceptors (Lipinski definition) is 5. The van der Waals surface area contributed by atoms with Gasteiger partial charge in [0.2, 0.25) is 5.75 Å². The average molecular weight is 786 g/mol. The fourth-order valence-electron chi connectivity index (χ4n) is 8.11. The van der Waals surface area contributed by atoms with Crippen LogP contribution in [-0.2, 0) is 0 Å². The molecule has 5 nitrogen and oxygen atoms in total. The van der Waals surface area contributed by atoms with Gasteiger partial charge in [0.1, 0.15) is 5.75 Å². The summed E-state index contributed by atoms with van der Waals surface area (Å²) in [7, 11) is 1.70. The summed E-state index contributed by atoms with van der Waals surface area (Å²) < 4.78 is 25.9. The van der Waals surface area contributed by atoms with Crippen LogP contribution in [0, 0.1) is 11.3 Å². The molecule has 0 saturated heterocycles. The molecule has 0 heterocycles. The van der Waals surface area contributed by atoms with Crippen LogP contribution in [0.5, 0.6) is 23.0 Å². The van der Waals surface area contributed by atoms with Gasteiger partial charge in [0, 0.05) is 10.8 Å². The van der Waals surface area contributed by atoms with E-state index in [0.29, 0.717) is 42.6 Å². The van der Waals surface area contributed by atoms with Crippen molar-refractivity contribution in [2.45, 2.75) is 213 Å². The molecule has 3 aromatic carbocycles. The Labute approximate surface area is 350 Å². The number of fused-ring (bicyclic) bond motifs is 3. The first-order chi connectivity index (χ1) is 28.2. The van der Waals surface area contributed by atoms with Gasteiger partial charge < -0.3 is 18.9 Å². The van der Waals surface area contributed by atoms with E-state index in [1.165, 1.54) is 154 Å². The summed E-state index contributed by atoms with van der Waals surface area (Å²) in [5, 5.41) is 14.2. The standard InChI is InChI=1S/C52H83NO4/c1-5-8-11-14-17-20-23-26-29-32-37-55-49-42-48-45(43-53)40-44-35-36-46(54-4)41-47(44)50(48)52(57-39-34-31-28-25-22-19-16-13-10-7-3)51(49)56-38-33-30-27-24-21-18-15-12-9-6-2/h35-36,40-42H,5-34,37-39H2,1-4H3. The fourth-order valence-corrected chi connectivity index (χ4v) is 8.11. The number of rotatable bonds is 37. The highest BCUT2D eigenvalue weighted by Gasteiger charge is 2.23. The second-order valence-electron chi connectivity index (χ2n) is 16.7. The molecule has 0 radical (unpaired) electrons. The van der Waals surface area contributed by atoms with E-state index in [1.54, 1.807) is 7.11 Å². The highest BCUT2D eigenvalue weighted by molar-refractivity contribution is 6.14. The van der Waals surface area contributed by atoms with Crippen LogP contribution in [-0.4, -0.2) is 26.9 Å². The number of ether oxygens (including phenoxy) is 4. The summed E-state index contributed by atoms with van der Waals surface area (Å²) in [6.45, 7) is 8.68. The minimum atomic E-state index is 0.602. The van der Waals surface area contributed by atoms with Crippen LogP contribution >= 0.6 is 0 Å². The molecule has 0 aliphatic carbocycles. The molecule has 320 valence electrons. The highest BCUT2D eigenvalue weighted by atomic mass is 16.5. The average Bonchev–Trinajstić information content (AvgIpc) is 3.23. The Balaban J connectivity index is 1.78. The van der Waals surface area contributed by atoms with Crippen molar-refractivity contribution < 1.29 is 18.9 Å². The first kappa shape index (κ1) is 48.2. The second-order valence-corrected chi connectivity index (χ2v) is 16.7. The first-order valence-electron chi connectivity index (χ1n) is 24.1. The molecule has 3 aromatic rings. The van der Waals surface area contributed by atoms with Crippen molar-refractivity contribution in [1.82, 2.24) is 0 Å². The predicted octanol–water partition coefficient (Wildman–Crippen LogP) is 16.8. The molecule has 0 aliphatic heterocycles. The second kappa shape index (κ2) is 31.8. The van der Waals surface area contributed by atoms with Gasteiger partial charge in [-0.25, -0.2) is 0 Å². The zero-order valence-electron chi connectivity index (χ0n) is 37.3. The van der Waals surface area contributed by atoms with Gasteiger partial charge in [-0.1, -0.05) is 200 Å². The Hall–Kier alpha value is -3.13. The maximum absolute atomic E-state index is 10.4. The van der Waals surface area contributed by atoms with E-state index < -0.39 is 0 Å². The molecule has 0 atom stereocenters. The zero-order valence-corrected chi connectivity index (χ0v) is 37.3. The summed E-state index contributed by atoms with van der Waals surface area (Å²) in [4.78, 5) is 0. The number of methoxy groups -OCH3 is 1. The van der Waals surface area contributed by atoms with E-state index in [-0.39, 0.29) is 0 Å². The lowest BCUT2D eigenvalue weighted by Crippen LogP contribution is -2.07. The Bertz CT molecular complexity index is 1510. The molecule has 0 spiro atoms. The van der Waals surface area contributed by atoms with Crippen LogP contribution in [0.2, 0.25) is 0 Å². The van der Waals surface area contributed by atoms with Gasteiger partial charge in [0.05, 0.1) is 38.6 Å². The van der Waals surface area contributed by atoms with E-state index in [1.807, 2.05) is 24.3 Å². The molecule has 3 rings (SSSR count). The van der Waals surface area contributed by atoms with Crippen molar-refractivity contribution in [3.05, 3.63) is 35.9 Å². The summed E-state index contributed by atoms with van der Waals surface area (Å²) >= 11 is 0. The molecular formula is C52H83NO4. The Morgan fingerprint density at radius 1 is 0.439 bits per heavy atom. The van der Waals surface area contributed by atoms with Crippen LogP contribution in [0.4, 0.5) is 0 Å². The predicted molar refractivity (Wildman–Crippen MR) is 245 cm³/mol. The van der Waals surface area contributed by atoms with Gasteiger partial charge in [0.25, 0.3) is 0 Å². The van der Waals surface area contributed by atoms with Gasteiger partial charge in [-0.2, -0.15) is 5.26 Å². The molecule has 57 heavy (non-hydrogen) atoms. The SMILES string of the molecule is CCCCCCCCCCCCOc1cc2c(C#N)cc3ccc(OC)cc3c2c(OCCCCCCCCCCCC)c1OCCCCCCCCCCCC. The normalized spacial score (nSPS) is 11.4. The number of nitriles is 1. The molecule has 5 heteroatoms. The summed E-state index contributed by atoms with van der Waals surface area (Å²) in [5.74, 6) is 2.88. The largest absolute Gasteiger partial charge is 0.497 e. The third-order valence-electron chi connectivity index (χ3n) is 11.7. The molecule has 0 bridgehead atoms. The Morgan fingerprint density at radius 2 is 0.842 bits per heavy atom. The third-order valence-corrected chi connectivity index (χ3v) is 11.7. The van der Waals surface area contributed by atoms with Gasteiger partial charge in [-0.3, -0.25) is 0 Å². The first-order valence-corrected chi connectivity index (χ1v) is 24.1. The van der Waals surface area contributed by atoms with Crippen LogP contribution in [0.1, 0.15) is 219 Å². The molecular weight excluding hydrogens is 703 g/mol. The smallest absolute Gasteiger partial charge is 0.204 e. The molecule has 0 fully saturated rings. The van der Waals surface area contributed by atoms with Crippen molar-refractivity contribution >= 4 is 21.5 Å². The van der Waals surface area contributed by atoms with Gasteiger partial charge in [-0.05, 0) is 54.3 Å². The number of hydrogen-bond donors (Lipinski definition) is 0. The molecule has 0 aliphatic rings. The van der Waals surface area contributed by atoms with Crippen molar-refractivity contribution in [1.29, 1.82) is 5.26 Å². The van der Waals surface area contributed by atoms with Crippen LogP contribution in [0.15, 0.2) is 30.3 Å². The monoisotopic (exact) mass is 786 g/mol. The lowest BCUT2D eigenvalue weighted by atomic mass is 9.96. The summed E-state index contributed by atoms with van der Waals surface area (Å²) in [5.41, 5.74) is 0.622. The number of nitrogens with zero attached hydrogens (tertiary/aromatic N) is 1. The number of benzene rings is 3. The lowest BCUT2D eigenvalue weighted by Gasteiger charge is -2.21. The summed E-state index contributed by atoms with van der Waals surface area (Å²) in [6, 6.07) is 12.6. The molecule has 0 N–H and O–H groups in total. The van der Waals surface area contributed by atoms with E-state index in [2.05, 4.69) is 32.9 Å². The molecule has 0 unspecified atom stereocenters. The van der Waals surface area contributed by atoms with Crippen LogP contribution in [0.3, 0.4) is 0 Å². The summed E-state index contributed by atoms with van der Waals surface area (Å²) in [6.07, 6.45) is 38.4. The maximum Gasteiger partial charge on any atom is 0.204 e.